The second-order valence-electron chi connectivity index (χ2n) is 5.95. The molecule has 0 aromatic carbocycles. The molecule has 0 aliphatic heterocycles. The molecule has 24 heavy (non-hydrogen) atoms. The largest absolute Gasteiger partial charge is 0.359 e. The van der Waals surface area contributed by atoms with Gasteiger partial charge in [0.05, 0.1) is 16.7 Å². The lowest BCUT2D eigenvalue weighted by molar-refractivity contribution is -0.136. The van der Waals surface area contributed by atoms with Gasteiger partial charge < -0.3 is 15.2 Å². The van der Waals surface area contributed by atoms with Crippen molar-refractivity contribution in [3.05, 3.63) is 27.5 Å². The van der Waals surface area contributed by atoms with Gasteiger partial charge in [-0.15, -0.1) is 11.3 Å². The molecule has 3 rings (SSSR count). The molecule has 7 nitrogen and oxygen atoms in total. The number of amides is 2. The number of hydrogen-bond donors (Lipinski definition) is 2. The smallest absolute Gasteiger partial charge is 0.313 e. The molecule has 2 aromatic rings. The van der Waals surface area contributed by atoms with Crippen LogP contribution in [0, 0.1) is 6.92 Å². The maximum atomic E-state index is 12.1. The van der Waals surface area contributed by atoms with Crippen LogP contribution in [0.1, 0.15) is 60.8 Å². The molecule has 1 fully saturated rings. The third kappa shape index (κ3) is 3.48. The second-order valence-corrected chi connectivity index (χ2v) is 6.84. The number of rotatable bonds is 5. The normalized spacial score (nSPS) is 15.1. The summed E-state index contributed by atoms with van der Waals surface area (Å²) in [4.78, 5) is 28.8. The van der Waals surface area contributed by atoms with E-state index in [-0.39, 0.29) is 6.04 Å². The minimum atomic E-state index is -0.736. The Morgan fingerprint density at radius 1 is 1.42 bits per heavy atom. The highest BCUT2D eigenvalue weighted by Crippen LogP contribution is 2.41. The lowest BCUT2D eigenvalue weighted by Crippen LogP contribution is -2.37. The third-order valence-electron chi connectivity index (χ3n) is 3.96. The second kappa shape index (κ2) is 6.72. The van der Waals surface area contributed by atoms with Crippen molar-refractivity contribution in [2.45, 2.75) is 52.0 Å². The number of hydrogen-bond acceptors (Lipinski definition) is 6. The van der Waals surface area contributed by atoms with Gasteiger partial charge in [-0.05, 0) is 26.7 Å². The Morgan fingerprint density at radius 3 is 2.83 bits per heavy atom. The van der Waals surface area contributed by atoms with Crippen LogP contribution in [0.4, 0.5) is 5.69 Å². The quantitative estimate of drug-likeness (QED) is 0.810. The number of anilines is 1. The molecule has 1 atom stereocenters. The number of nitrogens with zero attached hydrogens (tertiary/aromatic N) is 2. The number of nitrogens with one attached hydrogen (secondary N) is 2. The fraction of sp³-hybridized carbons (Fsp3) is 0.500. The Labute approximate surface area is 143 Å². The number of carbonyl (C=O) groups excluding carboxylic acids is 2. The first-order valence-corrected chi connectivity index (χ1v) is 8.89. The van der Waals surface area contributed by atoms with Gasteiger partial charge in [-0.3, -0.25) is 9.59 Å². The minimum Gasteiger partial charge on any atom is -0.359 e. The fourth-order valence-electron chi connectivity index (χ4n) is 2.34. The molecule has 0 bridgehead atoms. The fourth-order valence-corrected chi connectivity index (χ4v) is 3.43. The topological polar surface area (TPSA) is 97.1 Å². The molecule has 1 saturated carbocycles. The van der Waals surface area contributed by atoms with E-state index in [1.807, 2.05) is 19.2 Å². The van der Waals surface area contributed by atoms with E-state index >= 15 is 0 Å². The van der Waals surface area contributed by atoms with E-state index in [0.717, 1.165) is 10.7 Å². The van der Waals surface area contributed by atoms with Crippen LogP contribution in [-0.2, 0) is 16.0 Å². The van der Waals surface area contributed by atoms with Crippen molar-refractivity contribution in [1.29, 1.82) is 0 Å². The lowest BCUT2D eigenvalue weighted by atomic mass is 10.2. The lowest BCUT2D eigenvalue weighted by Gasteiger charge is -2.11. The summed E-state index contributed by atoms with van der Waals surface area (Å²) in [5.74, 6) is -0.305. The van der Waals surface area contributed by atoms with Crippen LogP contribution in [0.5, 0.6) is 0 Å². The maximum Gasteiger partial charge on any atom is 0.313 e. The molecule has 2 amide bonds. The molecular formula is C16H20N4O3S. The van der Waals surface area contributed by atoms with Gasteiger partial charge in [0.25, 0.3) is 0 Å². The molecule has 1 unspecified atom stereocenters. The van der Waals surface area contributed by atoms with Crippen molar-refractivity contribution in [2.24, 2.45) is 0 Å². The van der Waals surface area contributed by atoms with Gasteiger partial charge >= 0.3 is 11.8 Å². The van der Waals surface area contributed by atoms with Crippen LogP contribution in [0.3, 0.4) is 0 Å². The molecule has 0 saturated heterocycles. The molecule has 2 N–H and O–H groups in total. The van der Waals surface area contributed by atoms with Gasteiger partial charge in [0.2, 0.25) is 0 Å². The monoisotopic (exact) mass is 348 g/mol. The van der Waals surface area contributed by atoms with Crippen molar-refractivity contribution < 1.29 is 14.1 Å². The van der Waals surface area contributed by atoms with Crippen molar-refractivity contribution in [3.8, 4) is 0 Å². The van der Waals surface area contributed by atoms with E-state index in [1.54, 1.807) is 18.3 Å². The van der Waals surface area contributed by atoms with E-state index in [9.17, 15) is 9.59 Å². The predicted octanol–water partition coefficient (Wildman–Crippen LogP) is 2.70. The Hall–Kier alpha value is -2.22. The standard InChI is InChI=1S/C16H20N4O3S/c1-4-12-13(9(3)20-23-12)19-15(22)14(21)17-8(2)11-7-24-16(18-11)10-5-6-10/h7-8,10H,4-6H2,1-3H3,(H,17,21)(H,19,22). The van der Waals surface area contributed by atoms with Crippen LogP contribution in [-0.4, -0.2) is 22.0 Å². The summed E-state index contributed by atoms with van der Waals surface area (Å²) in [6.45, 7) is 5.42. The molecule has 1 aliphatic carbocycles. The van der Waals surface area contributed by atoms with E-state index in [4.69, 9.17) is 4.52 Å². The molecule has 2 heterocycles. The van der Waals surface area contributed by atoms with Crippen LogP contribution in [0.2, 0.25) is 0 Å². The van der Waals surface area contributed by atoms with E-state index in [1.165, 1.54) is 12.8 Å². The third-order valence-corrected chi connectivity index (χ3v) is 4.98. The summed E-state index contributed by atoms with van der Waals surface area (Å²) in [5.41, 5.74) is 1.81. The van der Waals surface area contributed by atoms with Crippen LogP contribution in [0.25, 0.3) is 0 Å². The van der Waals surface area contributed by atoms with E-state index in [2.05, 4.69) is 20.8 Å². The zero-order chi connectivity index (χ0) is 17.3. The zero-order valence-electron chi connectivity index (χ0n) is 13.9. The number of thiazole rings is 1. The molecule has 128 valence electrons. The van der Waals surface area contributed by atoms with Crippen LogP contribution < -0.4 is 10.6 Å². The molecule has 8 heteroatoms. The molecule has 0 radical (unpaired) electrons. The average molecular weight is 348 g/mol. The van der Waals surface area contributed by atoms with Gasteiger partial charge in [0.15, 0.2) is 5.76 Å². The first-order valence-electron chi connectivity index (χ1n) is 8.01. The van der Waals surface area contributed by atoms with Gasteiger partial charge in [-0.1, -0.05) is 12.1 Å². The number of aromatic nitrogens is 2. The van der Waals surface area contributed by atoms with Crippen molar-refractivity contribution >= 4 is 28.8 Å². The summed E-state index contributed by atoms with van der Waals surface area (Å²) in [5, 5.41) is 12.1. The Balaban J connectivity index is 1.60. The summed E-state index contributed by atoms with van der Waals surface area (Å²) < 4.78 is 5.10. The Kier molecular flexibility index (Phi) is 4.66. The van der Waals surface area contributed by atoms with Crippen molar-refractivity contribution in [2.75, 3.05) is 5.32 Å². The number of aryl methyl sites for hydroxylation is 2. The molecule has 2 aromatic heterocycles. The highest BCUT2D eigenvalue weighted by molar-refractivity contribution is 7.09. The van der Waals surface area contributed by atoms with Gasteiger partial charge in [-0.25, -0.2) is 4.98 Å². The summed E-state index contributed by atoms with van der Waals surface area (Å²) >= 11 is 1.61. The molecular weight excluding hydrogens is 328 g/mol. The first kappa shape index (κ1) is 16.6. The van der Waals surface area contributed by atoms with Crippen LogP contribution in [0.15, 0.2) is 9.90 Å². The SMILES string of the molecule is CCc1onc(C)c1NC(=O)C(=O)NC(C)c1csc(C2CC2)n1. The highest BCUT2D eigenvalue weighted by Gasteiger charge is 2.28. The maximum absolute atomic E-state index is 12.1. The number of carbonyl (C=O) groups is 2. The molecule has 0 spiro atoms. The van der Waals surface area contributed by atoms with Gasteiger partial charge in [0.1, 0.15) is 11.4 Å². The first-order chi connectivity index (χ1) is 11.5. The predicted molar refractivity (Wildman–Crippen MR) is 89.9 cm³/mol. The van der Waals surface area contributed by atoms with Crippen LogP contribution >= 0.6 is 11.3 Å². The van der Waals surface area contributed by atoms with Crippen molar-refractivity contribution in [1.82, 2.24) is 15.5 Å². The Morgan fingerprint density at radius 2 is 2.17 bits per heavy atom. The van der Waals surface area contributed by atoms with Crippen molar-refractivity contribution in [3.63, 3.8) is 0 Å². The summed E-state index contributed by atoms with van der Waals surface area (Å²) in [6, 6.07) is -0.318. The van der Waals surface area contributed by atoms with Gasteiger partial charge in [0, 0.05) is 17.7 Å². The summed E-state index contributed by atoms with van der Waals surface area (Å²) in [6.07, 6.45) is 2.96. The van der Waals surface area contributed by atoms with E-state index < -0.39 is 11.8 Å². The molecule has 1 aliphatic rings. The zero-order valence-corrected chi connectivity index (χ0v) is 14.7. The Bertz CT molecular complexity index is 763. The highest BCUT2D eigenvalue weighted by atomic mass is 32.1. The summed E-state index contributed by atoms with van der Waals surface area (Å²) in [7, 11) is 0. The average Bonchev–Trinajstić information content (AvgIpc) is 3.19. The minimum absolute atomic E-state index is 0.318. The van der Waals surface area contributed by atoms with Gasteiger partial charge in [-0.2, -0.15) is 0 Å². The van der Waals surface area contributed by atoms with E-state index in [0.29, 0.717) is 29.5 Å².